The van der Waals surface area contributed by atoms with Gasteiger partial charge < -0.3 is 14.7 Å². The van der Waals surface area contributed by atoms with Crippen LogP contribution in [-0.2, 0) is 14.8 Å². The Morgan fingerprint density at radius 1 is 1.19 bits per heavy atom. The predicted octanol–water partition coefficient (Wildman–Crippen LogP) is 2.72. The molecule has 26 heavy (non-hydrogen) atoms. The van der Waals surface area contributed by atoms with Crippen LogP contribution in [0.1, 0.15) is 20.8 Å². The van der Waals surface area contributed by atoms with Crippen molar-refractivity contribution in [2.24, 2.45) is 0 Å². The Bertz CT molecular complexity index is 952. The molecule has 0 spiro atoms. The van der Waals surface area contributed by atoms with Crippen molar-refractivity contribution in [2.45, 2.75) is 31.3 Å². The van der Waals surface area contributed by atoms with Gasteiger partial charge in [0.05, 0.1) is 17.1 Å². The summed E-state index contributed by atoms with van der Waals surface area (Å²) in [6, 6.07) is 10.1. The molecule has 0 aliphatic carbocycles. The Morgan fingerprint density at radius 2 is 1.85 bits per heavy atom. The second-order valence-electron chi connectivity index (χ2n) is 6.75. The molecule has 8 heteroatoms. The Balaban J connectivity index is 1.98. The highest BCUT2D eigenvalue weighted by atomic mass is 32.2. The maximum absolute atomic E-state index is 12.7. The number of carbonyl (C=O) groups excluding carboxylic acids is 1. The van der Waals surface area contributed by atoms with Crippen molar-refractivity contribution in [1.82, 2.24) is 0 Å². The molecule has 138 valence electrons. The number of sulfonamides is 1. The zero-order valence-corrected chi connectivity index (χ0v) is 15.5. The summed E-state index contributed by atoms with van der Waals surface area (Å²) in [7, 11) is -3.86. The molecule has 0 saturated carbocycles. The van der Waals surface area contributed by atoms with Crippen molar-refractivity contribution >= 4 is 27.3 Å². The number of nitrogens with one attached hydrogen (secondary N) is 1. The van der Waals surface area contributed by atoms with E-state index in [4.69, 9.17) is 4.74 Å². The monoisotopic (exact) mass is 376 g/mol. The molecule has 2 N–H and O–H groups in total. The highest BCUT2D eigenvalue weighted by Crippen LogP contribution is 2.38. The number of amides is 1. The number of hydrogen-bond acceptors (Lipinski definition) is 5. The Hall–Kier alpha value is -2.74. The highest BCUT2D eigenvalue weighted by Gasteiger charge is 2.34. The average molecular weight is 376 g/mol. The van der Waals surface area contributed by atoms with E-state index in [1.54, 1.807) is 6.07 Å². The molecule has 2 aromatic carbocycles. The molecule has 3 rings (SSSR count). The minimum absolute atomic E-state index is 0.0129. The number of phenols is 1. The first-order valence-corrected chi connectivity index (χ1v) is 9.49. The van der Waals surface area contributed by atoms with Gasteiger partial charge in [0.2, 0.25) is 5.91 Å². The summed E-state index contributed by atoms with van der Waals surface area (Å²) >= 11 is 0. The third-order valence-electron chi connectivity index (χ3n) is 3.96. The number of carbonyl (C=O) groups is 1. The molecule has 2 aromatic rings. The molecule has 0 radical (unpaired) electrons. The molecule has 1 amide bonds. The third kappa shape index (κ3) is 3.60. The number of rotatable bonds is 3. The number of benzene rings is 2. The van der Waals surface area contributed by atoms with E-state index >= 15 is 0 Å². The van der Waals surface area contributed by atoms with E-state index in [1.165, 1.54) is 48.2 Å². The SMILES string of the molecule is CC(=O)N1CC(C)(C)Oc2ccc(S(=O)(=O)Nc3ccc(O)cc3)cc21. The molecule has 0 bridgehead atoms. The van der Waals surface area contributed by atoms with E-state index in [1.807, 2.05) is 13.8 Å². The van der Waals surface area contributed by atoms with Crippen molar-refractivity contribution in [3.8, 4) is 11.5 Å². The van der Waals surface area contributed by atoms with Gasteiger partial charge in [-0.3, -0.25) is 9.52 Å². The zero-order valence-electron chi connectivity index (χ0n) is 14.7. The maximum atomic E-state index is 12.7. The van der Waals surface area contributed by atoms with Crippen LogP contribution < -0.4 is 14.4 Å². The van der Waals surface area contributed by atoms with Gasteiger partial charge in [0, 0.05) is 12.6 Å². The smallest absolute Gasteiger partial charge is 0.261 e. The van der Waals surface area contributed by atoms with Crippen LogP contribution in [0.5, 0.6) is 11.5 Å². The van der Waals surface area contributed by atoms with Crippen LogP contribution in [0.3, 0.4) is 0 Å². The van der Waals surface area contributed by atoms with Gasteiger partial charge in [0.15, 0.2) is 0 Å². The summed E-state index contributed by atoms with van der Waals surface area (Å²) in [5.41, 5.74) is 0.176. The van der Waals surface area contributed by atoms with E-state index in [0.717, 1.165) is 0 Å². The Labute approximate surface area is 152 Å². The molecular formula is C18H20N2O5S. The topological polar surface area (TPSA) is 95.9 Å². The highest BCUT2D eigenvalue weighted by molar-refractivity contribution is 7.92. The number of phenolic OH excluding ortho intramolecular Hbond substituents is 1. The van der Waals surface area contributed by atoms with Crippen molar-refractivity contribution in [1.29, 1.82) is 0 Å². The summed E-state index contributed by atoms with van der Waals surface area (Å²) in [5, 5.41) is 9.30. The molecule has 1 aliphatic rings. The maximum Gasteiger partial charge on any atom is 0.261 e. The molecule has 1 aliphatic heterocycles. The van der Waals surface area contributed by atoms with Crippen molar-refractivity contribution < 1.29 is 23.1 Å². The third-order valence-corrected chi connectivity index (χ3v) is 5.34. The number of fused-ring (bicyclic) bond motifs is 1. The number of aromatic hydroxyl groups is 1. The summed E-state index contributed by atoms with van der Waals surface area (Å²) in [4.78, 5) is 13.5. The Morgan fingerprint density at radius 3 is 2.46 bits per heavy atom. The lowest BCUT2D eigenvalue weighted by Gasteiger charge is -2.39. The zero-order chi connectivity index (χ0) is 19.1. The van der Waals surface area contributed by atoms with Gasteiger partial charge in [0.25, 0.3) is 10.0 Å². The molecule has 0 saturated heterocycles. The summed E-state index contributed by atoms with van der Waals surface area (Å²) in [5.74, 6) is 0.308. The fraction of sp³-hybridized carbons (Fsp3) is 0.278. The minimum Gasteiger partial charge on any atom is -0.508 e. The van der Waals surface area contributed by atoms with Gasteiger partial charge in [-0.1, -0.05) is 0 Å². The van der Waals surface area contributed by atoms with Crippen LogP contribution in [0.2, 0.25) is 0 Å². The quantitative estimate of drug-likeness (QED) is 0.803. The molecular weight excluding hydrogens is 356 g/mol. The van der Waals surface area contributed by atoms with E-state index in [9.17, 15) is 18.3 Å². The first kappa shape index (κ1) is 18.1. The fourth-order valence-electron chi connectivity index (χ4n) is 2.78. The molecule has 7 nitrogen and oxygen atoms in total. The number of nitrogens with zero attached hydrogens (tertiary/aromatic N) is 1. The number of ether oxygens (including phenoxy) is 1. The second-order valence-corrected chi connectivity index (χ2v) is 8.43. The van der Waals surface area contributed by atoms with Gasteiger partial charge in [-0.25, -0.2) is 8.42 Å². The van der Waals surface area contributed by atoms with Crippen LogP contribution in [0.25, 0.3) is 0 Å². The molecule has 0 atom stereocenters. The largest absolute Gasteiger partial charge is 0.508 e. The van der Waals surface area contributed by atoms with Crippen molar-refractivity contribution in [2.75, 3.05) is 16.2 Å². The van der Waals surface area contributed by atoms with Gasteiger partial charge in [-0.15, -0.1) is 0 Å². The van der Waals surface area contributed by atoms with Crippen LogP contribution in [0, 0.1) is 0 Å². The van der Waals surface area contributed by atoms with Gasteiger partial charge >= 0.3 is 0 Å². The van der Waals surface area contributed by atoms with Crippen molar-refractivity contribution in [3.63, 3.8) is 0 Å². The lowest BCUT2D eigenvalue weighted by atomic mass is 10.1. The molecule has 0 aromatic heterocycles. The summed E-state index contributed by atoms with van der Waals surface area (Å²) < 4.78 is 33.6. The molecule has 0 unspecified atom stereocenters. The van der Waals surface area contributed by atoms with Crippen LogP contribution in [-0.4, -0.2) is 31.6 Å². The summed E-state index contributed by atoms with van der Waals surface area (Å²) in [6.07, 6.45) is 0. The number of hydrogen-bond donors (Lipinski definition) is 2. The van der Waals surface area contributed by atoms with Crippen LogP contribution in [0.4, 0.5) is 11.4 Å². The van der Waals surface area contributed by atoms with Gasteiger partial charge in [-0.2, -0.15) is 0 Å². The normalized spacial score (nSPS) is 15.7. The Kier molecular flexibility index (Phi) is 4.31. The molecule has 0 fully saturated rings. The lowest BCUT2D eigenvalue weighted by Crippen LogP contribution is -2.48. The van der Waals surface area contributed by atoms with Gasteiger partial charge in [0.1, 0.15) is 17.1 Å². The number of anilines is 2. The first-order chi connectivity index (χ1) is 12.1. The lowest BCUT2D eigenvalue weighted by molar-refractivity contribution is -0.117. The summed E-state index contributed by atoms with van der Waals surface area (Å²) in [6.45, 7) is 5.48. The average Bonchev–Trinajstić information content (AvgIpc) is 2.54. The molecule has 1 heterocycles. The standard InChI is InChI=1S/C18H20N2O5S/c1-12(21)20-11-18(2,3)25-17-9-8-15(10-16(17)20)26(23,24)19-13-4-6-14(22)7-5-13/h4-10,19,22H,11H2,1-3H3. The van der Waals surface area contributed by atoms with Crippen LogP contribution in [0.15, 0.2) is 47.4 Å². The van der Waals surface area contributed by atoms with Crippen LogP contribution >= 0.6 is 0 Å². The minimum atomic E-state index is -3.86. The van der Waals surface area contributed by atoms with Gasteiger partial charge in [-0.05, 0) is 56.3 Å². The van der Waals surface area contributed by atoms with E-state index in [2.05, 4.69) is 4.72 Å². The van der Waals surface area contributed by atoms with Crippen molar-refractivity contribution in [3.05, 3.63) is 42.5 Å². The van der Waals surface area contributed by atoms with E-state index < -0.39 is 15.6 Å². The second kappa shape index (κ2) is 6.21. The fourth-order valence-corrected chi connectivity index (χ4v) is 3.86. The van der Waals surface area contributed by atoms with E-state index in [-0.39, 0.29) is 16.6 Å². The van der Waals surface area contributed by atoms with E-state index in [0.29, 0.717) is 23.7 Å². The first-order valence-electron chi connectivity index (χ1n) is 8.00. The predicted molar refractivity (Wildman–Crippen MR) is 98.1 cm³/mol.